The Labute approximate surface area is 202 Å². The van der Waals surface area contributed by atoms with Crippen molar-refractivity contribution in [1.82, 2.24) is 15.0 Å². The van der Waals surface area contributed by atoms with Crippen LogP contribution < -0.4 is 11.1 Å². The fourth-order valence-corrected chi connectivity index (χ4v) is 4.77. The van der Waals surface area contributed by atoms with E-state index in [1.165, 1.54) is 23.8 Å². The first kappa shape index (κ1) is 23.1. The summed E-state index contributed by atoms with van der Waals surface area (Å²) >= 11 is 0. The number of halogens is 2. The van der Waals surface area contributed by atoms with Crippen molar-refractivity contribution in [3.8, 4) is 0 Å². The van der Waals surface area contributed by atoms with Gasteiger partial charge in [-0.3, -0.25) is 4.98 Å². The minimum atomic E-state index is -0.704. The second kappa shape index (κ2) is 9.54. The number of allylic oxidation sites excluding steroid dienone is 2. The summed E-state index contributed by atoms with van der Waals surface area (Å²) in [5, 5.41) is 11.5. The zero-order valence-electron chi connectivity index (χ0n) is 19.5. The van der Waals surface area contributed by atoms with Gasteiger partial charge < -0.3 is 21.4 Å². The van der Waals surface area contributed by atoms with E-state index in [0.29, 0.717) is 17.2 Å². The van der Waals surface area contributed by atoms with Gasteiger partial charge in [0.05, 0.1) is 35.1 Å². The number of aromatic nitrogens is 3. The first-order valence-corrected chi connectivity index (χ1v) is 11.8. The number of imidazole rings is 1. The Hall–Kier alpha value is -3.65. The highest BCUT2D eigenvalue weighted by atomic mass is 19.1. The van der Waals surface area contributed by atoms with Gasteiger partial charge in [0.2, 0.25) is 5.95 Å². The molecule has 6 nitrogen and oxygen atoms in total. The van der Waals surface area contributed by atoms with Gasteiger partial charge in [0.25, 0.3) is 0 Å². The molecule has 2 aromatic heterocycles. The normalized spacial score (nSPS) is 20.2. The molecule has 5 rings (SSSR count). The van der Waals surface area contributed by atoms with E-state index in [4.69, 9.17) is 11.1 Å². The molecule has 5 N–H and O–H groups in total. The van der Waals surface area contributed by atoms with Gasteiger partial charge in [0.1, 0.15) is 11.6 Å². The number of hydrogen-bond acceptors (Lipinski definition) is 5. The number of pyridine rings is 1. The van der Waals surface area contributed by atoms with E-state index < -0.39 is 11.6 Å². The van der Waals surface area contributed by atoms with Gasteiger partial charge in [0, 0.05) is 12.2 Å². The standard InChI is InChI=1S/C27H28F2N6/c1-15-8-18(10-19(30)9-15)21-6-7-32-14-25(21)35-27-33-13-20(34-27)4-5-24(31)26-22(28)11-17(12-23(26)29)16-2-3-16/h4-7,9,11-14,16,18-19,31H,2-3,8,10,30H2,1H3,(H2,33,34,35)/b5-4-,31-24?. The highest BCUT2D eigenvalue weighted by Crippen LogP contribution is 2.41. The average Bonchev–Trinajstić information content (AvgIpc) is 3.57. The second-order valence-electron chi connectivity index (χ2n) is 9.47. The van der Waals surface area contributed by atoms with Crippen LogP contribution in [0.15, 0.2) is 54.5 Å². The van der Waals surface area contributed by atoms with E-state index in [1.54, 1.807) is 24.7 Å². The Morgan fingerprint density at radius 2 is 1.97 bits per heavy atom. The predicted molar refractivity (Wildman–Crippen MR) is 134 cm³/mol. The van der Waals surface area contributed by atoms with Crippen LogP contribution in [-0.4, -0.2) is 26.7 Å². The quantitative estimate of drug-likeness (QED) is 0.251. The van der Waals surface area contributed by atoms with Crippen molar-refractivity contribution in [3.05, 3.63) is 88.5 Å². The minimum absolute atomic E-state index is 0.0324. The van der Waals surface area contributed by atoms with Crippen LogP contribution in [0.5, 0.6) is 0 Å². The number of nitrogens with zero attached hydrogens (tertiary/aromatic N) is 2. The van der Waals surface area contributed by atoms with Crippen LogP contribution in [0.2, 0.25) is 0 Å². The zero-order chi connectivity index (χ0) is 24.5. The first-order chi connectivity index (χ1) is 16.9. The SMILES string of the molecule is CC1=CC(N)CC(c2ccncc2Nc2ncc(/C=C\C(=N)c3c(F)cc(C4CC4)cc3F)[nH]2)C1. The molecule has 0 spiro atoms. The van der Waals surface area contributed by atoms with Gasteiger partial charge in [0.15, 0.2) is 0 Å². The predicted octanol–water partition coefficient (Wildman–Crippen LogP) is 5.94. The molecular weight excluding hydrogens is 446 g/mol. The molecule has 8 heteroatoms. The molecule has 0 aliphatic heterocycles. The third kappa shape index (κ3) is 5.22. The van der Waals surface area contributed by atoms with E-state index in [-0.39, 0.29) is 29.2 Å². The summed E-state index contributed by atoms with van der Waals surface area (Å²) < 4.78 is 29.0. The van der Waals surface area contributed by atoms with Gasteiger partial charge in [-0.1, -0.05) is 11.6 Å². The number of aromatic amines is 1. The summed E-state index contributed by atoms with van der Waals surface area (Å²) in [4.78, 5) is 11.7. The van der Waals surface area contributed by atoms with Gasteiger partial charge >= 0.3 is 0 Å². The molecule has 2 aliphatic carbocycles. The molecule has 2 aliphatic rings. The molecule has 0 saturated heterocycles. The van der Waals surface area contributed by atoms with Crippen LogP contribution in [0, 0.1) is 17.0 Å². The summed E-state index contributed by atoms with van der Waals surface area (Å²) in [6.45, 7) is 2.10. The smallest absolute Gasteiger partial charge is 0.205 e. The molecule has 2 unspecified atom stereocenters. The molecular formula is C27H28F2N6. The largest absolute Gasteiger partial charge is 0.324 e. The third-order valence-corrected chi connectivity index (χ3v) is 6.58. The molecule has 180 valence electrons. The molecule has 1 saturated carbocycles. The Morgan fingerprint density at radius 1 is 1.20 bits per heavy atom. The minimum Gasteiger partial charge on any atom is -0.324 e. The maximum atomic E-state index is 14.5. The molecule has 35 heavy (non-hydrogen) atoms. The van der Waals surface area contributed by atoms with E-state index in [0.717, 1.165) is 36.9 Å². The molecule has 0 amide bonds. The molecule has 0 radical (unpaired) electrons. The van der Waals surface area contributed by atoms with Gasteiger partial charge in [-0.05, 0) is 85.9 Å². The number of anilines is 2. The Bertz CT molecular complexity index is 1300. The number of hydrogen-bond donors (Lipinski definition) is 4. The van der Waals surface area contributed by atoms with Crippen LogP contribution in [0.3, 0.4) is 0 Å². The number of nitrogens with two attached hydrogens (primary N) is 1. The fraction of sp³-hybridized carbons (Fsp3) is 0.296. The Kier molecular flexibility index (Phi) is 6.30. The monoisotopic (exact) mass is 474 g/mol. The summed E-state index contributed by atoms with van der Waals surface area (Å²) in [7, 11) is 0. The van der Waals surface area contributed by atoms with Crippen LogP contribution in [0.1, 0.15) is 66.8 Å². The van der Waals surface area contributed by atoms with E-state index in [1.807, 2.05) is 6.07 Å². The Balaban J connectivity index is 1.29. The van der Waals surface area contributed by atoms with Crippen molar-refractivity contribution >= 4 is 23.4 Å². The molecule has 0 bridgehead atoms. The van der Waals surface area contributed by atoms with Crippen LogP contribution >= 0.6 is 0 Å². The van der Waals surface area contributed by atoms with Crippen LogP contribution in [0.4, 0.5) is 20.4 Å². The number of nitrogens with one attached hydrogen (secondary N) is 3. The number of benzene rings is 1. The summed E-state index contributed by atoms with van der Waals surface area (Å²) in [6, 6.07) is 4.73. The average molecular weight is 475 g/mol. The summed E-state index contributed by atoms with van der Waals surface area (Å²) in [5.41, 5.74) is 10.1. The summed E-state index contributed by atoms with van der Waals surface area (Å²) in [5.74, 6) is -0.380. The second-order valence-corrected chi connectivity index (χ2v) is 9.47. The molecule has 2 heterocycles. The van der Waals surface area contributed by atoms with Crippen molar-refractivity contribution in [1.29, 1.82) is 5.41 Å². The van der Waals surface area contributed by atoms with Crippen molar-refractivity contribution < 1.29 is 8.78 Å². The lowest BCUT2D eigenvalue weighted by atomic mass is 9.82. The molecule has 1 aromatic carbocycles. The highest BCUT2D eigenvalue weighted by molar-refractivity contribution is 6.09. The zero-order valence-corrected chi connectivity index (χ0v) is 19.5. The fourth-order valence-electron chi connectivity index (χ4n) is 4.77. The third-order valence-electron chi connectivity index (χ3n) is 6.58. The lowest BCUT2D eigenvalue weighted by Crippen LogP contribution is -2.25. The maximum Gasteiger partial charge on any atom is 0.205 e. The van der Waals surface area contributed by atoms with E-state index in [9.17, 15) is 8.78 Å². The van der Waals surface area contributed by atoms with Crippen molar-refractivity contribution in [2.24, 2.45) is 5.73 Å². The highest BCUT2D eigenvalue weighted by Gasteiger charge is 2.26. The lowest BCUT2D eigenvalue weighted by molar-refractivity contribution is 0.546. The molecule has 2 atom stereocenters. The van der Waals surface area contributed by atoms with Gasteiger partial charge in [-0.15, -0.1) is 0 Å². The number of H-pyrrole nitrogens is 1. The van der Waals surface area contributed by atoms with Crippen LogP contribution in [-0.2, 0) is 0 Å². The topological polar surface area (TPSA) is 103 Å². The van der Waals surface area contributed by atoms with Crippen molar-refractivity contribution in [2.75, 3.05) is 5.32 Å². The molecule has 1 fully saturated rings. The van der Waals surface area contributed by atoms with Gasteiger partial charge in [-0.2, -0.15) is 0 Å². The number of rotatable bonds is 7. The van der Waals surface area contributed by atoms with E-state index >= 15 is 0 Å². The van der Waals surface area contributed by atoms with E-state index in [2.05, 4.69) is 33.3 Å². The molecule has 3 aromatic rings. The summed E-state index contributed by atoms with van der Waals surface area (Å²) in [6.07, 6.45) is 13.9. The maximum absolute atomic E-state index is 14.5. The van der Waals surface area contributed by atoms with Crippen molar-refractivity contribution in [3.63, 3.8) is 0 Å². The van der Waals surface area contributed by atoms with Crippen LogP contribution in [0.25, 0.3) is 6.08 Å². The van der Waals surface area contributed by atoms with Gasteiger partial charge in [-0.25, -0.2) is 13.8 Å². The first-order valence-electron chi connectivity index (χ1n) is 11.8. The van der Waals surface area contributed by atoms with Crippen molar-refractivity contribution in [2.45, 2.75) is 50.5 Å². The Morgan fingerprint density at radius 3 is 2.69 bits per heavy atom. The lowest BCUT2D eigenvalue weighted by Gasteiger charge is -2.27.